The van der Waals surface area contributed by atoms with Gasteiger partial charge < -0.3 is 9.47 Å². The van der Waals surface area contributed by atoms with Gasteiger partial charge >= 0.3 is 0 Å². The first-order chi connectivity index (χ1) is 9.83. The topological polar surface area (TPSA) is 18.5 Å². The van der Waals surface area contributed by atoms with Crippen LogP contribution in [0.2, 0.25) is 0 Å². The zero-order valence-electron chi connectivity index (χ0n) is 12.9. The highest BCUT2D eigenvalue weighted by Gasteiger charge is 2.55. The van der Waals surface area contributed by atoms with E-state index in [-0.39, 0.29) is 6.29 Å². The molecular weight excluding hydrogens is 248 g/mol. The molecule has 0 amide bonds. The van der Waals surface area contributed by atoms with E-state index in [2.05, 4.69) is 0 Å². The molecular formula is C18H30O2. The Kier molecular flexibility index (Phi) is 3.58. The van der Waals surface area contributed by atoms with E-state index in [9.17, 15) is 0 Å². The van der Waals surface area contributed by atoms with E-state index in [1.807, 2.05) is 0 Å². The molecule has 2 heteroatoms. The fourth-order valence-electron chi connectivity index (χ4n) is 5.77. The molecule has 1 saturated heterocycles. The molecule has 1 aliphatic heterocycles. The molecule has 2 bridgehead atoms. The monoisotopic (exact) mass is 278 g/mol. The zero-order valence-corrected chi connectivity index (χ0v) is 12.9. The lowest BCUT2D eigenvalue weighted by molar-refractivity contribution is -0.265. The number of ether oxygens (including phenoxy) is 2. The average molecular weight is 278 g/mol. The summed E-state index contributed by atoms with van der Waals surface area (Å²) in [5.41, 5.74) is 1.10. The third-order valence-electron chi connectivity index (χ3n) is 7.16. The summed E-state index contributed by atoms with van der Waals surface area (Å²) in [6.45, 7) is 1.83. The van der Waals surface area contributed by atoms with Crippen molar-refractivity contribution in [3.8, 4) is 0 Å². The fourth-order valence-corrected chi connectivity index (χ4v) is 5.77. The van der Waals surface area contributed by atoms with Gasteiger partial charge in [-0.15, -0.1) is 0 Å². The maximum Gasteiger partial charge on any atom is 0.163 e. The van der Waals surface area contributed by atoms with E-state index >= 15 is 0 Å². The van der Waals surface area contributed by atoms with Crippen molar-refractivity contribution in [2.24, 2.45) is 16.7 Å². The Morgan fingerprint density at radius 3 is 1.75 bits per heavy atom. The molecule has 0 atom stereocenters. The Bertz CT molecular complexity index is 281. The summed E-state index contributed by atoms with van der Waals surface area (Å²) in [6.07, 6.45) is 17.2. The van der Waals surface area contributed by atoms with Crippen LogP contribution in [0, 0.1) is 16.7 Å². The second-order valence-corrected chi connectivity index (χ2v) is 7.99. The van der Waals surface area contributed by atoms with Crippen LogP contribution in [0.15, 0.2) is 0 Å². The molecule has 4 aliphatic carbocycles. The summed E-state index contributed by atoms with van der Waals surface area (Å²) in [5, 5.41) is 0. The lowest BCUT2D eigenvalue weighted by Crippen LogP contribution is -2.52. The van der Waals surface area contributed by atoms with Gasteiger partial charge in [0.05, 0.1) is 13.2 Å². The van der Waals surface area contributed by atoms with Gasteiger partial charge in [0.2, 0.25) is 0 Å². The van der Waals surface area contributed by atoms with E-state index in [1.165, 1.54) is 70.6 Å². The third-order valence-corrected chi connectivity index (χ3v) is 7.16. The number of hydrogen-bond acceptors (Lipinski definition) is 2. The molecule has 0 aromatic rings. The molecule has 4 saturated carbocycles. The SMILES string of the molecule is C1CCC(C23CCC(C4OCCCO4)(CC2)CC3)CC1. The smallest absolute Gasteiger partial charge is 0.163 e. The van der Waals surface area contributed by atoms with Crippen LogP contribution in [-0.2, 0) is 9.47 Å². The quantitative estimate of drug-likeness (QED) is 0.730. The maximum absolute atomic E-state index is 5.99. The summed E-state index contributed by atoms with van der Waals surface area (Å²) in [7, 11) is 0. The van der Waals surface area contributed by atoms with Crippen molar-refractivity contribution in [3.63, 3.8) is 0 Å². The number of hydrogen-bond donors (Lipinski definition) is 0. The molecule has 0 radical (unpaired) electrons. The Balaban J connectivity index is 1.45. The third kappa shape index (κ3) is 2.14. The van der Waals surface area contributed by atoms with Crippen molar-refractivity contribution in [1.82, 2.24) is 0 Å². The van der Waals surface area contributed by atoms with Crippen LogP contribution in [0.4, 0.5) is 0 Å². The van der Waals surface area contributed by atoms with Crippen LogP contribution in [0.25, 0.3) is 0 Å². The highest BCUT2D eigenvalue weighted by molar-refractivity contribution is 5.03. The van der Waals surface area contributed by atoms with E-state index in [4.69, 9.17) is 9.47 Å². The van der Waals surface area contributed by atoms with Crippen molar-refractivity contribution in [2.75, 3.05) is 13.2 Å². The maximum atomic E-state index is 5.99. The van der Waals surface area contributed by atoms with Crippen LogP contribution in [0.5, 0.6) is 0 Å². The predicted octanol–water partition coefficient (Wildman–Crippen LogP) is 4.67. The van der Waals surface area contributed by atoms with Gasteiger partial charge in [0.1, 0.15) is 0 Å². The molecule has 1 heterocycles. The van der Waals surface area contributed by atoms with Crippen molar-refractivity contribution in [1.29, 1.82) is 0 Å². The Labute approximate surface area is 123 Å². The van der Waals surface area contributed by atoms with Crippen LogP contribution in [0.1, 0.15) is 77.0 Å². The van der Waals surface area contributed by atoms with Crippen molar-refractivity contribution in [3.05, 3.63) is 0 Å². The normalized spacial score (nSPS) is 43.8. The zero-order chi connectivity index (χ0) is 13.5. The molecule has 2 nitrogen and oxygen atoms in total. The molecule has 0 unspecified atom stereocenters. The van der Waals surface area contributed by atoms with E-state index in [0.29, 0.717) is 5.41 Å². The standard InChI is InChI=1S/C18H30O2/c1-2-5-15(6-3-1)17-7-10-18(11-8-17,12-9-17)16-19-13-4-14-20-16/h15-16H,1-14H2. The van der Waals surface area contributed by atoms with Crippen LogP contribution in [-0.4, -0.2) is 19.5 Å². The Hall–Kier alpha value is -0.0800. The minimum atomic E-state index is 0.126. The molecule has 114 valence electrons. The summed E-state index contributed by atoms with van der Waals surface area (Å²) in [5.74, 6) is 1.04. The highest BCUT2D eigenvalue weighted by Crippen LogP contribution is 2.63. The molecule has 0 N–H and O–H groups in total. The second-order valence-electron chi connectivity index (χ2n) is 7.99. The summed E-state index contributed by atoms with van der Waals surface area (Å²) < 4.78 is 12.0. The summed E-state index contributed by atoms with van der Waals surface area (Å²) in [4.78, 5) is 0. The predicted molar refractivity (Wildman–Crippen MR) is 79.5 cm³/mol. The highest BCUT2D eigenvalue weighted by atomic mass is 16.7. The minimum Gasteiger partial charge on any atom is -0.352 e. The second kappa shape index (κ2) is 5.28. The van der Waals surface area contributed by atoms with Crippen LogP contribution >= 0.6 is 0 Å². The summed E-state index contributed by atoms with van der Waals surface area (Å²) in [6, 6.07) is 0. The molecule has 0 aromatic carbocycles. The van der Waals surface area contributed by atoms with Gasteiger partial charge in [0.25, 0.3) is 0 Å². The number of rotatable bonds is 2. The Morgan fingerprint density at radius 1 is 0.600 bits per heavy atom. The van der Waals surface area contributed by atoms with Gasteiger partial charge in [-0.3, -0.25) is 0 Å². The van der Waals surface area contributed by atoms with Crippen LogP contribution in [0.3, 0.4) is 0 Å². The van der Waals surface area contributed by atoms with Gasteiger partial charge in [0, 0.05) is 5.41 Å². The molecule has 5 fully saturated rings. The van der Waals surface area contributed by atoms with E-state index in [0.717, 1.165) is 31.0 Å². The van der Waals surface area contributed by atoms with Crippen molar-refractivity contribution in [2.45, 2.75) is 83.3 Å². The largest absolute Gasteiger partial charge is 0.352 e. The van der Waals surface area contributed by atoms with Crippen molar-refractivity contribution < 1.29 is 9.47 Å². The first-order valence-electron chi connectivity index (χ1n) is 9.06. The van der Waals surface area contributed by atoms with Gasteiger partial charge in [0.15, 0.2) is 6.29 Å². The first kappa shape index (κ1) is 13.6. The molecule has 0 aromatic heterocycles. The average Bonchev–Trinajstić information content (AvgIpc) is 2.58. The molecule has 0 spiro atoms. The lowest BCUT2D eigenvalue weighted by atomic mass is 9.48. The molecule has 5 aliphatic rings. The molecule has 5 rings (SSSR count). The first-order valence-corrected chi connectivity index (χ1v) is 9.06. The van der Waals surface area contributed by atoms with Gasteiger partial charge in [-0.1, -0.05) is 19.3 Å². The summed E-state index contributed by atoms with van der Waals surface area (Å²) >= 11 is 0. The van der Waals surface area contributed by atoms with Gasteiger partial charge in [-0.05, 0) is 69.1 Å². The van der Waals surface area contributed by atoms with Crippen molar-refractivity contribution >= 4 is 0 Å². The lowest BCUT2D eigenvalue weighted by Gasteiger charge is -2.59. The fraction of sp³-hybridized carbons (Fsp3) is 1.00. The van der Waals surface area contributed by atoms with E-state index in [1.54, 1.807) is 0 Å². The van der Waals surface area contributed by atoms with Gasteiger partial charge in [-0.25, -0.2) is 0 Å². The molecule has 20 heavy (non-hydrogen) atoms. The van der Waals surface area contributed by atoms with Crippen LogP contribution < -0.4 is 0 Å². The minimum absolute atomic E-state index is 0.126. The Morgan fingerprint density at radius 2 is 1.15 bits per heavy atom. The number of fused-ring (bicyclic) bond motifs is 3. The van der Waals surface area contributed by atoms with E-state index < -0.39 is 0 Å². The van der Waals surface area contributed by atoms with Gasteiger partial charge in [-0.2, -0.15) is 0 Å².